The Bertz CT molecular complexity index is 536. The summed E-state index contributed by atoms with van der Waals surface area (Å²) in [5, 5.41) is 0. The van der Waals surface area contributed by atoms with Gasteiger partial charge >= 0.3 is 5.97 Å². The van der Waals surface area contributed by atoms with E-state index < -0.39 is 0 Å². The van der Waals surface area contributed by atoms with Gasteiger partial charge in [-0.15, -0.1) is 0 Å². The molecule has 2 nitrogen and oxygen atoms in total. The predicted octanol–water partition coefficient (Wildman–Crippen LogP) is 13.7. The van der Waals surface area contributed by atoms with Crippen LogP contribution in [0.15, 0.2) is 24.5 Å². The first-order valence-corrected chi connectivity index (χ1v) is 18.3. The number of carbonyl (C=O) groups is 1. The second kappa shape index (κ2) is 36.0. The molecule has 0 aromatic heterocycles. The Balaban J connectivity index is 3.27. The summed E-state index contributed by atoms with van der Waals surface area (Å²) in [6.45, 7) is 4.57. The molecule has 0 heterocycles. The maximum atomic E-state index is 11.8. The van der Waals surface area contributed by atoms with Crippen LogP contribution < -0.4 is 0 Å². The van der Waals surface area contributed by atoms with Crippen molar-refractivity contribution in [1.29, 1.82) is 0 Å². The number of allylic oxidation sites excluding steroid dienone is 2. The van der Waals surface area contributed by atoms with E-state index in [2.05, 4.69) is 13.8 Å². The summed E-state index contributed by atoms with van der Waals surface area (Å²) < 4.78 is 5.18. The molecule has 0 N–H and O–H groups in total. The number of hydrogen-bond acceptors (Lipinski definition) is 2. The van der Waals surface area contributed by atoms with Gasteiger partial charge in [-0.05, 0) is 31.8 Å². The quantitative estimate of drug-likeness (QED) is 0.0345. The maximum absolute atomic E-state index is 11.8. The van der Waals surface area contributed by atoms with Crippen molar-refractivity contribution in [3.63, 3.8) is 0 Å². The number of ether oxygens (including phenoxy) is 1. The van der Waals surface area contributed by atoms with E-state index in [1.807, 2.05) is 12.2 Å². The number of carbonyl (C=O) groups excluding carboxylic acids is 1. The fourth-order valence-electron chi connectivity index (χ4n) is 5.49. The Kier molecular flexibility index (Phi) is 35.0. The van der Waals surface area contributed by atoms with Crippen LogP contribution in [0.2, 0.25) is 0 Å². The van der Waals surface area contributed by atoms with Crippen LogP contribution >= 0.6 is 0 Å². The Labute approximate surface area is 252 Å². The molecule has 0 saturated heterocycles. The van der Waals surface area contributed by atoms with Crippen LogP contribution in [0.4, 0.5) is 0 Å². The summed E-state index contributed by atoms with van der Waals surface area (Å²) in [7, 11) is 0. The van der Waals surface area contributed by atoms with E-state index in [4.69, 9.17) is 4.74 Å². The van der Waals surface area contributed by atoms with Gasteiger partial charge in [0.05, 0.1) is 6.26 Å². The van der Waals surface area contributed by atoms with Crippen molar-refractivity contribution >= 4 is 5.97 Å². The fourth-order valence-corrected chi connectivity index (χ4v) is 5.49. The molecule has 236 valence electrons. The van der Waals surface area contributed by atoms with Gasteiger partial charge in [-0.3, -0.25) is 0 Å². The van der Waals surface area contributed by atoms with Crippen LogP contribution in [0.5, 0.6) is 0 Å². The van der Waals surface area contributed by atoms with Crippen LogP contribution in [0.1, 0.15) is 213 Å². The highest BCUT2D eigenvalue weighted by Gasteiger charge is 1.96. The minimum absolute atomic E-state index is 0.238. The largest absolute Gasteiger partial charge is 0.432 e. The zero-order valence-corrected chi connectivity index (χ0v) is 27.5. The molecule has 40 heavy (non-hydrogen) atoms. The molecule has 0 saturated carbocycles. The van der Waals surface area contributed by atoms with Gasteiger partial charge in [-0.1, -0.05) is 193 Å². The zero-order chi connectivity index (χ0) is 29.0. The number of esters is 1. The molecule has 0 bridgehead atoms. The molecule has 0 aromatic carbocycles. The molecule has 0 amide bonds. The molecule has 0 unspecified atom stereocenters. The third-order valence-electron chi connectivity index (χ3n) is 8.23. The van der Waals surface area contributed by atoms with E-state index in [1.54, 1.807) is 12.3 Å². The van der Waals surface area contributed by atoms with E-state index in [9.17, 15) is 4.79 Å². The van der Waals surface area contributed by atoms with Gasteiger partial charge in [-0.2, -0.15) is 0 Å². The average Bonchev–Trinajstić information content (AvgIpc) is 2.96. The van der Waals surface area contributed by atoms with E-state index in [0.29, 0.717) is 0 Å². The number of hydrogen-bond donors (Lipinski definition) is 0. The second-order valence-electron chi connectivity index (χ2n) is 12.3. The van der Waals surface area contributed by atoms with Gasteiger partial charge in [-0.25, -0.2) is 4.79 Å². The molecule has 0 aliphatic carbocycles. The molecule has 2 heteroatoms. The van der Waals surface area contributed by atoms with E-state index in [-0.39, 0.29) is 5.97 Å². The lowest BCUT2D eigenvalue weighted by Crippen LogP contribution is -1.93. The Hall–Kier alpha value is -1.05. The highest BCUT2D eigenvalue weighted by molar-refractivity contribution is 5.82. The number of unbranched alkanes of at least 4 members (excludes halogenated alkanes) is 29. The van der Waals surface area contributed by atoms with Crippen molar-refractivity contribution in [2.45, 2.75) is 213 Å². The first-order chi connectivity index (χ1) is 19.8. The van der Waals surface area contributed by atoms with Crippen LogP contribution in [0.25, 0.3) is 0 Å². The standard InChI is InChI=1S/C38H72O2/c1-3-5-7-9-11-13-15-17-19-20-21-23-25-27-29-31-33-35-37-40-38(39)36-34-32-30-28-26-24-22-18-16-14-12-10-8-6-4-2/h34-37H,3-33H2,1-2H3. The third kappa shape index (κ3) is 35.0. The van der Waals surface area contributed by atoms with Gasteiger partial charge in [0.1, 0.15) is 0 Å². The lowest BCUT2D eigenvalue weighted by Gasteiger charge is -2.03. The highest BCUT2D eigenvalue weighted by atomic mass is 16.5. The molecule has 0 fully saturated rings. The number of rotatable bonds is 33. The van der Waals surface area contributed by atoms with E-state index in [1.165, 1.54) is 186 Å². The molecule has 0 aliphatic heterocycles. The summed E-state index contributed by atoms with van der Waals surface area (Å²) in [6.07, 6.45) is 49.3. The second-order valence-corrected chi connectivity index (χ2v) is 12.3. The molecule has 0 rings (SSSR count). The lowest BCUT2D eigenvalue weighted by molar-refractivity contribution is -0.132. The maximum Gasteiger partial charge on any atom is 0.335 e. The van der Waals surface area contributed by atoms with E-state index in [0.717, 1.165) is 12.8 Å². The van der Waals surface area contributed by atoms with Gasteiger partial charge in [0.25, 0.3) is 0 Å². The summed E-state index contributed by atoms with van der Waals surface area (Å²) in [6, 6.07) is 0. The van der Waals surface area contributed by atoms with Crippen molar-refractivity contribution in [3.05, 3.63) is 24.5 Å². The minimum atomic E-state index is -0.238. The molecule has 0 radical (unpaired) electrons. The van der Waals surface area contributed by atoms with Gasteiger partial charge < -0.3 is 4.74 Å². The average molecular weight is 561 g/mol. The monoisotopic (exact) mass is 561 g/mol. The molecule has 0 spiro atoms. The Morgan fingerprint density at radius 2 is 0.675 bits per heavy atom. The van der Waals surface area contributed by atoms with Gasteiger partial charge in [0.15, 0.2) is 0 Å². The van der Waals surface area contributed by atoms with Gasteiger partial charge in [0.2, 0.25) is 0 Å². The zero-order valence-electron chi connectivity index (χ0n) is 27.5. The summed E-state index contributed by atoms with van der Waals surface area (Å²) in [4.78, 5) is 11.8. The van der Waals surface area contributed by atoms with Crippen LogP contribution in [0, 0.1) is 0 Å². The Morgan fingerprint density at radius 3 is 1.00 bits per heavy atom. The van der Waals surface area contributed by atoms with Crippen LogP contribution in [-0.2, 0) is 9.53 Å². The summed E-state index contributed by atoms with van der Waals surface area (Å²) in [5.41, 5.74) is 0. The first kappa shape index (κ1) is 39.0. The summed E-state index contributed by atoms with van der Waals surface area (Å²) >= 11 is 0. The van der Waals surface area contributed by atoms with E-state index >= 15 is 0 Å². The van der Waals surface area contributed by atoms with Crippen molar-refractivity contribution < 1.29 is 9.53 Å². The SMILES string of the molecule is CCCCCCCCCCCCCCCC=CC(=O)OC=CCCCCCCCCCCCCCCCCCC. The third-order valence-corrected chi connectivity index (χ3v) is 8.23. The van der Waals surface area contributed by atoms with Crippen molar-refractivity contribution in [3.8, 4) is 0 Å². The predicted molar refractivity (Wildman–Crippen MR) is 179 cm³/mol. The Morgan fingerprint density at radius 1 is 0.400 bits per heavy atom. The molecule has 0 aromatic rings. The molecule has 0 atom stereocenters. The first-order valence-electron chi connectivity index (χ1n) is 18.3. The van der Waals surface area contributed by atoms with Gasteiger partial charge in [0, 0.05) is 6.08 Å². The molecular weight excluding hydrogens is 488 g/mol. The molecular formula is C38H72O2. The summed E-state index contributed by atoms with van der Waals surface area (Å²) in [5.74, 6) is -0.238. The topological polar surface area (TPSA) is 26.3 Å². The normalized spacial score (nSPS) is 11.8. The minimum Gasteiger partial charge on any atom is -0.432 e. The van der Waals surface area contributed by atoms with Crippen molar-refractivity contribution in [1.82, 2.24) is 0 Å². The van der Waals surface area contributed by atoms with Crippen LogP contribution in [-0.4, -0.2) is 5.97 Å². The van der Waals surface area contributed by atoms with Crippen molar-refractivity contribution in [2.24, 2.45) is 0 Å². The lowest BCUT2D eigenvalue weighted by atomic mass is 10.0. The fraction of sp³-hybridized carbons (Fsp3) is 0.868. The van der Waals surface area contributed by atoms with Crippen molar-refractivity contribution in [2.75, 3.05) is 0 Å². The molecule has 0 aliphatic rings. The smallest absolute Gasteiger partial charge is 0.335 e. The van der Waals surface area contributed by atoms with Crippen LogP contribution in [0.3, 0.4) is 0 Å². The highest BCUT2D eigenvalue weighted by Crippen LogP contribution is 2.15.